The molecule has 4 rings (SSSR count). The topological polar surface area (TPSA) is 58.2 Å². The van der Waals surface area contributed by atoms with Crippen LogP contribution in [0.2, 0.25) is 0 Å². The summed E-state index contributed by atoms with van der Waals surface area (Å²) in [7, 11) is 0. The quantitative estimate of drug-likeness (QED) is 0.699. The lowest BCUT2D eigenvalue weighted by molar-refractivity contribution is -0.137. The molecule has 31 heavy (non-hydrogen) atoms. The summed E-state index contributed by atoms with van der Waals surface area (Å²) in [6, 6.07) is 13.7. The highest BCUT2D eigenvalue weighted by molar-refractivity contribution is 6.09. The minimum Gasteiger partial charge on any atom is -0.362 e. The number of hydrogen-bond donors (Lipinski definition) is 2. The molecule has 2 aliphatic rings. The van der Waals surface area contributed by atoms with Crippen LogP contribution >= 0.6 is 0 Å². The highest BCUT2D eigenvalue weighted by Gasteiger charge is 2.38. The molecule has 4 nitrogen and oxygen atoms in total. The summed E-state index contributed by atoms with van der Waals surface area (Å²) in [5.74, 6) is -1.13. The molecule has 0 saturated carbocycles. The standard InChI is InChI=1S/C24H21F3N2O2/c1-14-20(23(31)29-17-10-5-9-16(13-17)24(25,26)27)21(15-7-3-2-4-8-15)22-18(28-14)11-6-12-19(22)30/h2-5,7-10,13,21,28H,6,11-12H2,1H3,(H,29,31)/t21-/m1/s1. The van der Waals surface area contributed by atoms with Crippen molar-refractivity contribution in [2.45, 2.75) is 38.3 Å². The first-order chi connectivity index (χ1) is 14.8. The van der Waals surface area contributed by atoms with Crippen molar-refractivity contribution < 1.29 is 22.8 Å². The Morgan fingerprint density at radius 1 is 1.06 bits per heavy atom. The molecule has 1 heterocycles. The van der Waals surface area contributed by atoms with Gasteiger partial charge in [-0.3, -0.25) is 9.59 Å². The van der Waals surface area contributed by atoms with Crippen LogP contribution in [-0.2, 0) is 15.8 Å². The Bertz CT molecular complexity index is 1100. The van der Waals surface area contributed by atoms with E-state index in [4.69, 9.17) is 0 Å². The van der Waals surface area contributed by atoms with Gasteiger partial charge in [-0.15, -0.1) is 0 Å². The van der Waals surface area contributed by atoms with Crippen molar-refractivity contribution in [3.63, 3.8) is 0 Å². The molecule has 160 valence electrons. The van der Waals surface area contributed by atoms with Crippen LogP contribution in [0.4, 0.5) is 18.9 Å². The Morgan fingerprint density at radius 2 is 1.81 bits per heavy atom. The number of rotatable bonds is 3. The molecule has 1 amide bonds. The Labute approximate surface area is 177 Å². The van der Waals surface area contributed by atoms with Crippen molar-refractivity contribution in [2.24, 2.45) is 0 Å². The van der Waals surface area contributed by atoms with Crippen molar-refractivity contribution >= 4 is 17.4 Å². The van der Waals surface area contributed by atoms with Crippen LogP contribution in [-0.4, -0.2) is 11.7 Å². The number of amides is 1. The maximum atomic E-state index is 13.3. The number of anilines is 1. The number of allylic oxidation sites excluding steroid dienone is 3. The Morgan fingerprint density at radius 3 is 2.52 bits per heavy atom. The molecule has 0 aromatic heterocycles. The SMILES string of the molecule is CC1=C(C(=O)Nc2cccc(C(F)(F)F)c2)[C@@H](c2ccccc2)C2=C(CCCC2=O)N1. The van der Waals surface area contributed by atoms with Gasteiger partial charge in [0.05, 0.1) is 5.56 Å². The summed E-state index contributed by atoms with van der Waals surface area (Å²) in [5.41, 5.74) is 2.30. The number of nitrogens with one attached hydrogen (secondary N) is 2. The summed E-state index contributed by atoms with van der Waals surface area (Å²) in [4.78, 5) is 26.1. The van der Waals surface area contributed by atoms with Gasteiger partial charge in [0, 0.05) is 40.6 Å². The third-order valence-corrected chi connectivity index (χ3v) is 5.60. The van der Waals surface area contributed by atoms with Crippen LogP contribution in [0.25, 0.3) is 0 Å². The van der Waals surface area contributed by atoms with E-state index in [0.717, 1.165) is 29.8 Å². The molecule has 1 atom stereocenters. The number of ketones is 1. The fourth-order valence-corrected chi connectivity index (χ4v) is 4.23. The van der Waals surface area contributed by atoms with Gasteiger partial charge in [-0.1, -0.05) is 36.4 Å². The summed E-state index contributed by atoms with van der Waals surface area (Å²) < 4.78 is 39.2. The number of carbonyl (C=O) groups excluding carboxylic acids is 2. The molecule has 0 saturated heterocycles. The minimum atomic E-state index is -4.51. The van der Waals surface area contributed by atoms with Crippen LogP contribution in [0, 0.1) is 0 Å². The molecule has 0 radical (unpaired) electrons. The molecular weight excluding hydrogens is 405 g/mol. The summed E-state index contributed by atoms with van der Waals surface area (Å²) in [5, 5.41) is 5.79. The molecule has 0 spiro atoms. The van der Waals surface area contributed by atoms with Gasteiger partial charge in [0.1, 0.15) is 0 Å². The van der Waals surface area contributed by atoms with Crippen molar-refractivity contribution in [1.82, 2.24) is 5.32 Å². The fourth-order valence-electron chi connectivity index (χ4n) is 4.23. The summed E-state index contributed by atoms with van der Waals surface area (Å²) in [6.45, 7) is 1.75. The average Bonchev–Trinajstić information content (AvgIpc) is 2.73. The Balaban J connectivity index is 1.74. The van der Waals surface area contributed by atoms with Crippen molar-refractivity contribution in [2.75, 3.05) is 5.32 Å². The molecule has 0 bridgehead atoms. The number of hydrogen-bond acceptors (Lipinski definition) is 3. The first-order valence-electron chi connectivity index (χ1n) is 10.0. The lowest BCUT2D eigenvalue weighted by atomic mass is 9.75. The molecule has 2 N–H and O–H groups in total. The maximum Gasteiger partial charge on any atom is 0.416 e. The number of alkyl halides is 3. The predicted octanol–water partition coefficient (Wildman–Crippen LogP) is 5.31. The van der Waals surface area contributed by atoms with E-state index >= 15 is 0 Å². The van der Waals surface area contributed by atoms with Gasteiger partial charge in [-0.05, 0) is 43.5 Å². The molecule has 1 aliphatic carbocycles. The number of Topliss-reactive ketones (excluding diaryl/α,β-unsaturated/α-hetero) is 1. The molecule has 2 aromatic rings. The zero-order valence-electron chi connectivity index (χ0n) is 16.8. The van der Waals surface area contributed by atoms with E-state index in [2.05, 4.69) is 10.6 Å². The van der Waals surface area contributed by atoms with Crippen LogP contribution in [0.1, 0.15) is 43.2 Å². The Kier molecular flexibility index (Phi) is 5.43. The molecule has 7 heteroatoms. The van der Waals surface area contributed by atoms with E-state index in [1.807, 2.05) is 30.3 Å². The van der Waals surface area contributed by atoms with Crippen molar-refractivity contribution in [1.29, 1.82) is 0 Å². The second kappa shape index (κ2) is 8.06. The van der Waals surface area contributed by atoms with Gasteiger partial charge in [0.2, 0.25) is 0 Å². The maximum absolute atomic E-state index is 13.3. The molecule has 0 unspecified atom stereocenters. The van der Waals surface area contributed by atoms with E-state index in [9.17, 15) is 22.8 Å². The largest absolute Gasteiger partial charge is 0.416 e. The zero-order chi connectivity index (χ0) is 22.2. The van der Waals surface area contributed by atoms with Gasteiger partial charge < -0.3 is 10.6 Å². The van der Waals surface area contributed by atoms with E-state index in [1.54, 1.807) is 6.92 Å². The van der Waals surface area contributed by atoms with Gasteiger partial charge in [-0.25, -0.2) is 0 Å². The van der Waals surface area contributed by atoms with Crippen molar-refractivity contribution in [3.8, 4) is 0 Å². The second-order valence-corrected chi connectivity index (χ2v) is 7.71. The summed E-state index contributed by atoms with van der Waals surface area (Å²) in [6.07, 6.45) is -2.65. The summed E-state index contributed by atoms with van der Waals surface area (Å²) >= 11 is 0. The van der Waals surface area contributed by atoms with Gasteiger partial charge >= 0.3 is 6.18 Å². The monoisotopic (exact) mass is 426 g/mol. The number of benzene rings is 2. The lowest BCUT2D eigenvalue weighted by Gasteiger charge is -2.34. The smallest absolute Gasteiger partial charge is 0.362 e. The molecule has 2 aromatic carbocycles. The van der Waals surface area contributed by atoms with E-state index in [-0.39, 0.29) is 11.5 Å². The van der Waals surface area contributed by atoms with E-state index in [0.29, 0.717) is 29.7 Å². The molecule has 0 fully saturated rings. The highest BCUT2D eigenvalue weighted by Crippen LogP contribution is 2.42. The number of carbonyl (C=O) groups is 2. The first kappa shape index (κ1) is 20.9. The van der Waals surface area contributed by atoms with Crippen LogP contribution in [0.15, 0.2) is 77.1 Å². The first-order valence-corrected chi connectivity index (χ1v) is 10.0. The lowest BCUT2D eigenvalue weighted by Crippen LogP contribution is -2.35. The minimum absolute atomic E-state index is 0.0144. The van der Waals surface area contributed by atoms with Gasteiger partial charge in [0.25, 0.3) is 5.91 Å². The average molecular weight is 426 g/mol. The van der Waals surface area contributed by atoms with Gasteiger partial charge in [0.15, 0.2) is 5.78 Å². The van der Waals surface area contributed by atoms with Crippen LogP contribution < -0.4 is 10.6 Å². The molecule has 1 aliphatic heterocycles. The molecular formula is C24H21F3N2O2. The predicted molar refractivity (Wildman–Crippen MR) is 111 cm³/mol. The van der Waals surface area contributed by atoms with Crippen molar-refractivity contribution in [3.05, 3.63) is 88.3 Å². The van der Waals surface area contributed by atoms with E-state index < -0.39 is 23.6 Å². The van der Waals surface area contributed by atoms with Crippen LogP contribution in [0.3, 0.4) is 0 Å². The normalized spacial score (nSPS) is 19.1. The zero-order valence-corrected chi connectivity index (χ0v) is 16.8. The second-order valence-electron chi connectivity index (χ2n) is 7.71. The highest BCUT2D eigenvalue weighted by atomic mass is 19.4. The number of dihydropyridines is 1. The third kappa shape index (κ3) is 4.13. The fraction of sp³-hybridized carbons (Fsp3) is 0.250. The van der Waals surface area contributed by atoms with E-state index in [1.165, 1.54) is 12.1 Å². The third-order valence-electron chi connectivity index (χ3n) is 5.60. The van der Waals surface area contributed by atoms with Crippen LogP contribution in [0.5, 0.6) is 0 Å². The Hall–Kier alpha value is -3.35. The van der Waals surface area contributed by atoms with Gasteiger partial charge in [-0.2, -0.15) is 13.2 Å². The number of halogens is 3.